The van der Waals surface area contributed by atoms with E-state index in [1.54, 1.807) is 11.8 Å². The predicted molar refractivity (Wildman–Crippen MR) is 67.7 cm³/mol. The van der Waals surface area contributed by atoms with Gasteiger partial charge >= 0.3 is 0 Å². The smallest absolute Gasteiger partial charge is 0.240 e. The molecule has 0 aliphatic heterocycles. The van der Waals surface area contributed by atoms with Crippen molar-refractivity contribution < 1.29 is 4.79 Å². The number of nitrogens with two attached hydrogens (primary N) is 2. The number of benzene rings is 1. The molecule has 16 heavy (non-hydrogen) atoms. The van der Waals surface area contributed by atoms with Crippen molar-refractivity contribution in [3.63, 3.8) is 0 Å². The minimum atomic E-state index is -0.512. The summed E-state index contributed by atoms with van der Waals surface area (Å²) in [5, 5.41) is 0. The highest BCUT2D eigenvalue weighted by molar-refractivity contribution is 7.99. The third-order valence-electron chi connectivity index (χ3n) is 2.25. The molecule has 0 atom stereocenters. The quantitative estimate of drug-likeness (QED) is 0.244. The maximum absolute atomic E-state index is 11.5. The first-order valence-electron chi connectivity index (χ1n) is 4.96. The molecule has 5 heteroatoms. The first kappa shape index (κ1) is 12.9. The van der Waals surface area contributed by atoms with Gasteiger partial charge in [0, 0.05) is 16.3 Å². The van der Waals surface area contributed by atoms with Crippen molar-refractivity contribution in [2.24, 2.45) is 11.3 Å². The van der Waals surface area contributed by atoms with Crippen LogP contribution in [0.15, 0.2) is 29.2 Å². The molecule has 0 saturated heterocycles. The van der Waals surface area contributed by atoms with Gasteiger partial charge in [0.25, 0.3) is 0 Å². The molecular formula is C11H17N3OS. The Morgan fingerprint density at radius 1 is 1.44 bits per heavy atom. The van der Waals surface area contributed by atoms with E-state index >= 15 is 0 Å². The number of hydrazine groups is 1. The van der Waals surface area contributed by atoms with Crippen LogP contribution in [0.5, 0.6) is 0 Å². The molecule has 0 aliphatic rings. The van der Waals surface area contributed by atoms with Gasteiger partial charge in [0.15, 0.2) is 0 Å². The van der Waals surface area contributed by atoms with E-state index in [-0.39, 0.29) is 5.91 Å². The monoisotopic (exact) mass is 239 g/mol. The van der Waals surface area contributed by atoms with Crippen LogP contribution >= 0.6 is 11.8 Å². The predicted octanol–water partition coefficient (Wildman–Crippen LogP) is 1.38. The van der Waals surface area contributed by atoms with Crippen LogP contribution in [-0.4, -0.2) is 11.7 Å². The average Bonchev–Trinajstić information content (AvgIpc) is 2.27. The van der Waals surface area contributed by atoms with E-state index in [0.717, 1.165) is 10.6 Å². The van der Waals surface area contributed by atoms with Gasteiger partial charge in [0.2, 0.25) is 5.91 Å². The van der Waals surface area contributed by atoms with E-state index in [0.29, 0.717) is 5.75 Å². The molecule has 1 amide bonds. The van der Waals surface area contributed by atoms with Crippen molar-refractivity contribution in [2.45, 2.75) is 18.7 Å². The van der Waals surface area contributed by atoms with E-state index in [1.165, 1.54) is 0 Å². The summed E-state index contributed by atoms with van der Waals surface area (Å²) in [4.78, 5) is 12.4. The molecule has 0 saturated carbocycles. The minimum Gasteiger partial charge on any atom is -0.398 e. The topological polar surface area (TPSA) is 81.1 Å². The zero-order valence-electron chi connectivity index (χ0n) is 9.49. The number of rotatable bonds is 4. The number of anilines is 1. The van der Waals surface area contributed by atoms with Gasteiger partial charge in [-0.2, -0.15) is 0 Å². The normalized spacial score (nSPS) is 11.2. The summed E-state index contributed by atoms with van der Waals surface area (Å²) in [6.45, 7) is 3.70. The van der Waals surface area contributed by atoms with Crippen LogP contribution in [0.1, 0.15) is 13.8 Å². The maximum Gasteiger partial charge on any atom is 0.240 e. The van der Waals surface area contributed by atoms with Gasteiger partial charge in [0.1, 0.15) is 0 Å². The molecule has 88 valence electrons. The summed E-state index contributed by atoms with van der Waals surface area (Å²) in [7, 11) is 0. The van der Waals surface area contributed by atoms with Gasteiger partial charge in [-0.05, 0) is 12.1 Å². The molecule has 0 spiro atoms. The lowest BCUT2D eigenvalue weighted by Crippen LogP contribution is -2.42. The van der Waals surface area contributed by atoms with Crippen LogP contribution in [0, 0.1) is 5.41 Å². The first-order chi connectivity index (χ1) is 7.47. The fraction of sp³-hybridized carbons (Fsp3) is 0.364. The van der Waals surface area contributed by atoms with Crippen molar-refractivity contribution in [1.29, 1.82) is 0 Å². The Kier molecular flexibility index (Phi) is 4.20. The van der Waals surface area contributed by atoms with Crippen LogP contribution in [0.2, 0.25) is 0 Å². The van der Waals surface area contributed by atoms with Crippen molar-refractivity contribution in [1.82, 2.24) is 5.43 Å². The maximum atomic E-state index is 11.5. The number of hydrogen-bond donors (Lipinski definition) is 3. The van der Waals surface area contributed by atoms with E-state index in [9.17, 15) is 4.79 Å². The SMILES string of the molecule is CC(C)(CSc1ccccc1N)C(=O)NN. The first-order valence-corrected chi connectivity index (χ1v) is 5.94. The van der Waals surface area contributed by atoms with Crippen molar-refractivity contribution in [2.75, 3.05) is 11.5 Å². The Bertz CT molecular complexity index is 379. The Morgan fingerprint density at radius 2 is 2.06 bits per heavy atom. The minimum absolute atomic E-state index is 0.172. The molecule has 0 heterocycles. The molecule has 0 bridgehead atoms. The summed E-state index contributed by atoms with van der Waals surface area (Å²) in [6, 6.07) is 7.60. The van der Waals surface area contributed by atoms with Gasteiger partial charge in [-0.3, -0.25) is 10.2 Å². The number of carbonyl (C=O) groups is 1. The van der Waals surface area contributed by atoms with Crippen molar-refractivity contribution >= 4 is 23.4 Å². The van der Waals surface area contributed by atoms with Gasteiger partial charge in [0.05, 0.1) is 5.41 Å². The van der Waals surface area contributed by atoms with Crippen LogP contribution in [0.3, 0.4) is 0 Å². The summed E-state index contributed by atoms with van der Waals surface area (Å²) >= 11 is 1.56. The second-order valence-electron chi connectivity index (χ2n) is 4.18. The summed E-state index contributed by atoms with van der Waals surface area (Å²) in [5.74, 6) is 5.58. The third kappa shape index (κ3) is 3.15. The van der Waals surface area contributed by atoms with Gasteiger partial charge in [-0.15, -0.1) is 11.8 Å². The molecule has 0 radical (unpaired) electrons. The fourth-order valence-electron chi connectivity index (χ4n) is 1.13. The van der Waals surface area contributed by atoms with E-state index < -0.39 is 5.41 Å². The Labute approximate surface area is 99.7 Å². The Morgan fingerprint density at radius 3 is 2.62 bits per heavy atom. The summed E-state index contributed by atoms with van der Waals surface area (Å²) < 4.78 is 0. The lowest BCUT2D eigenvalue weighted by Gasteiger charge is -2.21. The highest BCUT2D eigenvalue weighted by Crippen LogP contribution is 2.30. The van der Waals surface area contributed by atoms with Crippen LogP contribution < -0.4 is 17.0 Å². The van der Waals surface area contributed by atoms with Gasteiger partial charge in [-0.25, -0.2) is 5.84 Å². The van der Waals surface area contributed by atoms with E-state index in [1.807, 2.05) is 38.1 Å². The fourth-order valence-corrected chi connectivity index (χ4v) is 2.19. The molecule has 0 fully saturated rings. The Balaban J connectivity index is 2.65. The molecule has 1 aromatic rings. The number of para-hydroxylation sites is 1. The molecular weight excluding hydrogens is 222 g/mol. The van der Waals surface area contributed by atoms with Crippen LogP contribution in [0.25, 0.3) is 0 Å². The number of nitrogens with one attached hydrogen (secondary N) is 1. The van der Waals surface area contributed by atoms with Crippen LogP contribution in [-0.2, 0) is 4.79 Å². The third-order valence-corrected chi connectivity index (χ3v) is 3.80. The van der Waals surface area contributed by atoms with E-state index in [4.69, 9.17) is 11.6 Å². The average molecular weight is 239 g/mol. The second-order valence-corrected chi connectivity index (χ2v) is 5.20. The number of amides is 1. The molecule has 5 N–H and O–H groups in total. The number of thioether (sulfide) groups is 1. The largest absolute Gasteiger partial charge is 0.398 e. The van der Waals surface area contributed by atoms with E-state index in [2.05, 4.69) is 5.43 Å². The van der Waals surface area contributed by atoms with Gasteiger partial charge < -0.3 is 5.73 Å². The lowest BCUT2D eigenvalue weighted by molar-refractivity contribution is -0.128. The number of carbonyl (C=O) groups excluding carboxylic acids is 1. The standard InChI is InChI=1S/C11H17N3OS/c1-11(2,10(15)14-13)7-16-9-6-4-3-5-8(9)12/h3-6H,7,12-13H2,1-2H3,(H,14,15). The summed E-state index contributed by atoms with van der Waals surface area (Å²) in [6.07, 6.45) is 0. The zero-order valence-corrected chi connectivity index (χ0v) is 10.3. The summed E-state index contributed by atoms with van der Waals surface area (Å²) in [5.41, 5.74) is 8.21. The van der Waals surface area contributed by atoms with Gasteiger partial charge in [-0.1, -0.05) is 26.0 Å². The molecule has 0 aromatic heterocycles. The molecule has 4 nitrogen and oxygen atoms in total. The molecule has 1 aromatic carbocycles. The highest BCUT2D eigenvalue weighted by atomic mass is 32.2. The second kappa shape index (κ2) is 5.23. The zero-order chi connectivity index (χ0) is 12.2. The van der Waals surface area contributed by atoms with Crippen LogP contribution in [0.4, 0.5) is 5.69 Å². The molecule has 0 unspecified atom stereocenters. The molecule has 0 aliphatic carbocycles. The Hall–Kier alpha value is -1.20. The van der Waals surface area contributed by atoms with Crippen molar-refractivity contribution in [3.8, 4) is 0 Å². The number of hydrogen-bond acceptors (Lipinski definition) is 4. The molecule has 1 rings (SSSR count). The number of nitrogen functional groups attached to an aromatic ring is 1. The van der Waals surface area contributed by atoms with Crippen molar-refractivity contribution in [3.05, 3.63) is 24.3 Å². The highest BCUT2D eigenvalue weighted by Gasteiger charge is 2.27. The lowest BCUT2D eigenvalue weighted by atomic mass is 9.96.